The van der Waals surface area contributed by atoms with Gasteiger partial charge in [0, 0.05) is 45.9 Å². The van der Waals surface area contributed by atoms with E-state index in [1.807, 2.05) is 4.90 Å². The van der Waals surface area contributed by atoms with Gasteiger partial charge >= 0.3 is 6.03 Å². The van der Waals surface area contributed by atoms with Gasteiger partial charge in [0.15, 0.2) is 0 Å². The summed E-state index contributed by atoms with van der Waals surface area (Å²) in [5.74, 6) is 0.0763. The molecule has 2 saturated heterocycles. The third-order valence-corrected chi connectivity index (χ3v) is 5.85. The van der Waals surface area contributed by atoms with Gasteiger partial charge in [0.05, 0.1) is 0 Å². The van der Waals surface area contributed by atoms with Gasteiger partial charge in [-0.2, -0.15) is 0 Å². The van der Waals surface area contributed by atoms with E-state index < -0.39 is 0 Å². The van der Waals surface area contributed by atoms with Crippen molar-refractivity contribution in [2.75, 3.05) is 45.9 Å². The first-order valence-electron chi connectivity index (χ1n) is 10.8. The van der Waals surface area contributed by atoms with E-state index in [0.717, 1.165) is 38.0 Å². The summed E-state index contributed by atoms with van der Waals surface area (Å²) in [6.07, 6.45) is 1.49. The van der Waals surface area contributed by atoms with Crippen LogP contribution in [0.15, 0.2) is 24.3 Å². The molecule has 160 valence electrons. The molecule has 2 fully saturated rings. The van der Waals surface area contributed by atoms with Gasteiger partial charge in [0.25, 0.3) is 5.91 Å². The zero-order chi connectivity index (χ0) is 20.6. The second-order valence-corrected chi connectivity index (χ2v) is 7.75. The molecule has 2 aliphatic heterocycles. The van der Waals surface area contributed by atoms with Crippen LogP contribution in [0.5, 0.6) is 0 Å². The van der Waals surface area contributed by atoms with Crippen LogP contribution in [-0.4, -0.2) is 78.6 Å². The van der Waals surface area contributed by atoms with Gasteiger partial charge < -0.3 is 19.9 Å². The molecule has 2 aliphatic rings. The third kappa shape index (κ3) is 5.93. The number of nitrogens with one attached hydrogen (secondary N) is 1. The van der Waals surface area contributed by atoms with Gasteiger partial charge in [-0.3, -0.25) is 9.69 Å². The monoisotopic (exact) mass is 402 g/mol. The minimum Gasteiger partial charge on any atom is -0.368 e. The predicted octanol–water partition coefficient (Wildman–Crippen LogP) is 2.06. The van der Waals surface area contributed by atoms with Crippen molar-refractivity contribution in [1.29, 1.82) is 0 Å². The first-order chi connectivity index (χ1) is 14.1. The predicted molar refractivity (Wildman–Crippen MR) is 112 cm³/mol. The van der Waals surface area contributed by atoms with Crippen molar-refractivity contribution >= 4 is 11.9 Å². The van der Waals surface area contributed by atoms with Crippen molar-refractivity contribution in [3.8, 4) is 0 Å². The highest BCUT2D eigenvalue weighted by Crippen LogP contribution is 2.16. The number of nitrogens with zero attached hydrogens (tertiary/aromatic N) is 3. The van der Waals surface area contributed by atoms with Crippen molar-refractivity contribution in [2.24, 2.45) is 0 Å². The molecule has 7 heteroatoms. The van der Waals surface area contributed by atoms with Gasteiger partial charge in [0.2, 0.25) is 0 Å². The van der Waals surface area contributed by atoms with E-state index in [4.69, 9.17) is 4.74 Å². The Bertz CT molecular complexity index is 661. The molecule has 3 amide bonds. The van der Waals surface area contributed by atoms with E-state index in [1.54, 1.807) is 4.90 Å². The number of carbonyl (C=O) groups excluding carboxylic acids is 2. The largest absolute Gasteiger partial charge is 0.368 e. The molecular formula is C22H34N4O3. The molecule has 29 heavy (non-hydrogen) atoms. The molecule has 2 heterocycles. The zero-order valence-electron chi connectivity index (χ0n) is 17.7. The fourth-order valence-electron chi connectivity index (χ4n) is 3.86. The molecule has 3 rings (SSSR count). The van der Waals surface area contributed by atoms with Crippen LogP contribution in [-0.2, 0) is 22.6 Å². The maximum atomic E-state index is 12.5. The third-order valence-electron chi connectivity index (χ3n) is 5.85. The molecule has 1 N–H and O–H groups in total. The smallest absolute Gasteiger partial charge is 0.317 e. The van der Waals surface area contributed by atoms with Crippen LogP contribution < -0.4 is 5.32 Å². The second kappa shape index (κ2) is 10.6. The van der Waals surface area contributed by atoms with Gasteiger partial charge in [-0.25, -0.2) is 4.79 Å². The Morgan fingerprint density at radius 3 is 2.24 bits per heavy atom. The Balaban J connectivity index is 1.40. The average molecular weight is 403 g/mol. The number of ether oxygens (including phenoxy) is 1. The van der Waals surface area contributed by atoms with E-state index in [9.17, 15) is 9.59 Å². The van der Waals surface area contributed by atoms with Crippen LogP contribution in [0.1, 0.15) is 37.8 Å². The van der Waals surface area contributed by atoms with Crippen molar-refractivity contribution in [3.05, 3.63) is 35.4 Å². The molecule has 0 spiro atoms. The minimum atomic E-state index is -0.278. The molecule has 1 atom stereocenters. The maximum absolute atomic E-state index is 12.5. The zero-order valence-corrected chi connectivity index (χ0v) is 17.7. The van der Waals surface area contributed by atoms with Crippen LogP contribution in [0.4, 0.5) is 4.79 Å². The molecule has 1 aromatic carbocycles. The topological polar surface area (TPSA) is 65.1 Å². The Morgan fingerprint density at radius 1 is 1.03 bits per heavy atom. The van der Waals surface area contributed by atoms with Crippen molar-refractivity contribution in [1.82, 2.24) is 20.0 Å². The Morgan fingerprint density at radius 2 is 1.66 bits per heavy atom. The molecule has 1 unspecified atom stereocenters. The van der Waals surface area contributed by atoms with Crippen LogP contribution in [0.25, 0.3) is 0 Å². The maximum Gasteiger partial charge on any atom is 0.317 e. The van der Waals surface area contributed by atoms with Crippen molar-refractivity contribution in [3.63, 3.8) is 0 Å². The molecule has 0 aliphatic carbocycles. The molecule has 1 aromatic rings. The summed E-state index contributed by atoms with van der Waals surface area (Å²) in [4.78, 5) is 30.9. The number of amides is 3. The quantitative estimate of drug-likeness (QED) is 0.758. The highest BCUT2D eigenvalue weighted by molar-refractivity contribution is 5.81. The SMILES string of the molecule is CCN(CC)Cc1ccc(CNC(=O)N2CCN(C(=O)C3CCCO3)CC2)cc1. The van der Waals surface area contributed by atoms with Gasteiger partial charge in [-0.1, -0.05) is 38.1 Å². The lowest BCUT2D eigenvalue weighted by molar-refractivity contribution is -0.142. The van der Waals surface area contributed by atoms with Crippen LogP contribution in [0, 0.1) is 0 Å². The van der Waals surface area contributed by atoms with Crippen LogP contribution in [0.3, 0.4) is 0 Å². The van der Waals surface area contributed by atoms with Crippen LogP contribution >= 0.6 is 0 Å². The summed E-state index contributed by atoms with van der Waals surface area (Å²) in [5, 5.41) is 3.00. The molecule has 0 bridgehead atoms. The van der Waals surface area contributed by atoms with Crippen molar-refractivity contribution in [2.45, 2.75) is 45.9 Å². The second-order valence-electron chi connectivity index (χ2n) is 7.75. The number of carbonyl (C=O) groups is 2. The summed E-state index contributed by atoms with van der Waals surface area (Å²) in [6, 6.07) is 8.36. The standard InChI is InChI=1S/C22H34N4O3/c1-3-24(4-2)17-19-9-7-18(8-10-19)16-23-22(28)26-13-11-25(12-14-26)21(27)20-6-5-15-29-20/h7-10,20H,3-6,11-17H2,1-2H3,(H,23,28). The number of piperazine rings is 1. The fraction of sp³-hybridized carbons (Fsp3) is 0.636. The van der Waals surface area contributed by atoms with Gasteiger partial charge in [0.1, 0.15) is 6.10 Å². The number of urea groups is 1. The van der Waals surface area contributed by atoms with Gasteiger partial charge in [-0.15, -0.1) is 0 Å². The Hall–Kier alpha value is -2.12. The molecule has 0 radical (unpaired) electrons. The van der Waals surface area contributed by atoms with E-state index in [-0.39, 0.29) is 18.0 Å². The lowest BCUT2D eigenvalue weighted by Crippen LogP contribution is -2.54. The van der Waals surface area contributed by atoms with E-state index in [0.29, 0.717) is 39.3 Å². The van der Waals surface area contributed by atoms with Crippen molar-refractivity contribution < 1.29 is 14.3 Å². The highest BCUT2D eigenvalue weighted by atomic mass is 16.5. The number of benzene rings is 1. The molecule has 0 saturated carbocycles. The first kappa shape index (κ1) is 21.6. The lowest BCUT2D eigenvalue weighted by atomic mass is 10.1. The van der Waals surface area contributed by atoms with Crippen LogP contribution in [0.2, 0.25) is 0 Å². The number of rotatable bonds is 7. The van der Waals surface area contributed by atoms with Gasteiger partial charge in [-0.05, 0) is 37.1 Å². The summed E-state index contributed by atoms with van der Waals surface area (Å²) >= 11 is 0. The normalized spacial score (nSPS) is 19.6. The number of hydrogen-bond acceptors (Lipinski definition) is 4. The molecule has 0 aromatic heterocycles. The summed E-state index contributed by atoms with van der Waals surface area (Å²) in [7, 11) is 0. The van der Waals surface area contributed by atoms with E-state index in [1.165, 1.54) is 5.56 Å². The van der Waals surface area contributed by atoms with E-state index >= 15 is 0 Å². The summed E-state index contributed by atoms with van der Waals surface area (Å²) in [6.45, 7) is 10.8. The molecular weight excluding hydrogens is 368 g/mol. The Labute approximate surface area is 174 Å². The summed E-state index contributed by atoms with van der Waals surface area (Å²) < 4.78 is 5.49. The first-order valence-corrected chi connectivity index (χ1v) is 10.8. The fourth-order valence-corrected chi connectivity index (χ4v) is 3.86. The lowest BCUT2D eigenvalue weighted by Gasteiger charge is -2.35. The Kier molecular flexibility index (Phi) is 7.89. The summed E-state index contributed by atoms with van der Waals surface area (Å²) in [5.41, 5.74) is 2.38. The number of hydrogen-bond donors (Lipinski definition) is 1. The average Bonchev–Trinajstić information content (AvgIpc) is 3.31. The minimum absolute atomic E-state index is 0.0681. The highest BCUT2D eigenvalue weighted by Gasteiger charge is 2.31. The van der Waals surface area contributed by atoms with E-state index in [2.05, 4.69) is 48.3 Å². The molecule has 7 nitrogen and oxygen atoms in total.